The molecule has 3 aliphatic carbocycles. The summed E-state index contributed by atoms with van der Waals surface area (Å²) >= 11 is 0. The lowest BCUT2D eigenvalue weighted by Crippen LogP contribution is -2.42. The SMILES string of the molecule is CCCn1nccc1/C=N/N=C1\CCC2C3CCc4cc(O)ccc4C3CCC12C. The van der Waals surface area contributed by atoms with Crippen molar-refractivity contribution in [2.24, 2.45) is 27.5 Å². The smallest absolute Gasteiger partial charge is 0.115 e. The highest BCUT2D eigenvalue weighted by Gasteiger charge is 2.53. The molecule has 4 unspecified atom stereocenters. The van der Waals surface area contributed by atoms with Crippen molar-refractivity contribution in [1.29, 1.82) is 0 Å². The summed E-state index contributed by atoms with van der Waals surface area (Å²) in [6.07, 6.45) is 11.8. The van der Waals surface area contributed by atoms with Crippen molar-refractivity contribution < 1.29 is 5.11 Å². The van der Waals surface area contributed by atoms with Crippen LogP contribution in [0.3, 0.4) is 0 Å². The third-order valence-electron chi connectivity index (χ3n) is 8.00. The first-order valence-electron chi connectivity index (χ1n) is 11.5. The summed E-state index contributed by atoms with van der Waals surface area (Å²) in [4.78, 5) is 0. The molecule has 0 radical (unpaired) electrons. The van der Waals surface area contributed by atoms with Crippen molar-refractivity contribution in [2.45, 2.75) is 71.3 Å². The van der Waals surface area contributed by atoms with E-state index in [1.54, 1.807) is 0 Å². The molecule has 2 saturated carbocycles. The van der Waals surface area contributed by atoms with E-state index in [4.69, 9.17) is 5.10 Å². The fourth-order valence-electron chi connectivity index (χ4n) is 6.53. The minimum atomic E-state index is 0.177. The summed E-state index contributed by atoms with van der Waals surface area (Å²) in [5.41, 5.74) is 5.34. The predicted molar refractivity (Wildman–Crippen MR) is 120 cm³/mol. The van der Waals surface area contributed by atoms with Gasteiger partial charge in [-0.05, 0) is 92.0 Å². The Morgan fingerprint density at radius 2 is 2.13 bits per heavy atom. The summed E-state index contributed by atoms with van der Waals surface area (Å²) in [6.45, 7) is 5.50. The number of hydrogen-bond acceptors (Lipinski definition) is 4. The Balaban J connectivity index is 1.36. The maximum Gasteiger partial charge on any atom is 0.115 e. The Morgan fingerprint density at radius 1 is 1.23 bits per heavy atom. The third-order valence-corrected chi connectivity index (χ3v) is 8.00. The number of hydrogen-bond donors (Lipinski definition) is 1. The average Bonchev–Trinajstić information content (AvgIpc) is 3.32. The van der Waals surface area contributed by atoms with Crippen LogP contribution in [0.25, 0.3) is 0 Å². The van der Waals surface area contributed by atoms with Gasteiger partial charge in [0.2, 0.25) is 0 Å². The van der Waals surface area contributed by atoms with Crippen LogP contribution in [-0.2, 0) is 13.0 Å². The molecule has 5 rings (SSSR count). The summed E-state index contributed by atoms with van der Waals surface area (Å²) in [6, 6.07) is 8.03. The van der Waals surface area contributed by atoms with E-state index in [0.717, 1.165) is 37.4 Å². The molecule has 0 saturated heterocycles. The number of fused-ring (bicyclic) bond motifs is 5. The monoisotopic (exact) mass is 404 g/mol. The van der Waals surface area contributed by atoms with Crippen LogP contribution in [0, 0.1) is 17.3 Å². The van der Waals surface area contributed by atoms with E-state index in [-0.39, 0.29) is 5.41 Å². The van der Waals surface area contributed by atoms with E-state index in [9.17, 15) is 5.11 Å². The molecule has 1 aromatic carbocycles. The van der Waals surface area contributed by atoms with Gasteiger partial charge < -0.3 is 5.11 Å². The van der Waals surface area contributed by atoms with Gasteiger partial charge in [0.15, 0.2) is 0 Å². The molecule has 4 atom stereocenters. The molecule has 0 amide bonds. The molecule has 1 N–H and O–H groups in total. The van der Waals surface area contributed by atoms with Gasteiger partial charge in [-0.2, -0.15) is 15.3 Å². The number of phenolic OH excluding ortho intramolecular Hbond substituents is 1. The van der Waals surface area contributed by atoms with Crippen molar-refractivity contribution in [3.63, 3.8) is 0 Å². The lowest BCUT2D eigenvalue weighted by Gasteiger charge is -2.49. The van der Waals surface area contributed by atoms with Crippen LogP contribution in [0.2, 0.25) is 0 Å². The molecule has 3 aliphatic rings. The van der Waals surface area contributed by atoms with Crippen LogP contribution >= 0.6 is 0 Å². The van der Waals surface area contributed by atoms with Gasteiger partial charge in [0, 0.05) is 23.9 Å². The lowest BCUT2D eigenvalue weighted by atomic mass is 9.55. The third kappa shape index (κ3) is 3.19. The first-order chi connectivity index (χ1) is 14.6. The molecule has 2 fully saturated rings. The molecular weight excluding hydrogens is 372 g/mol. The summed E-state index contributed by atoms with van der Waals surface area (Å²) in [5.74, 6) is 2.46. The number of aromatic hydroxyl groups is 1. The molecule has 1 heterocycles. The second-order valence-electron chi connectivity index (χ2n) is 9.56. The van der Waals surface area contributed by atoms with Crippen LogP contribution in [0.5, 0.6) is 5.75 Å². The fraction of sp³-hybridized carbons (Fsp3) is 0.560. The molecule has 158 valence electrons. The van der Waals surface area contributed by atoms with Gasteiger partial charge in [-0.15, -0.1) is 0 Å². The van der Waals surface area contributed by atoms with Gasteiger partial charge in [0.1, 0.15) is 5.75 Å². The van der Waals surface area contributed by atoms with E-state index in [1.807, 2.05) is 35.3 Å². The van der Waals surface area contributed by atoms with Crippen molar-refractivity contribution in [1.82, 2.24) is 9.78 Å². The predicted octanol–water partition coefficient (Wildman–Crippen LogP) is 5.33. The van der Waals surface area contributed by atoms with Gasteiger partial charge in [0.25, 0.3) is 0 Å². The molecule has 30 heavy (non-hydrogen) atoms. The van der Waals surface area contributed by atoms with Crippen LogP contribution in [0.1, 0.15) is 75.1 Å². The summed E-state index contributed by atoms with van der Waals surface area (Å²) in [7, 11) is 0. The summed E-state index contributed by atoms with van der Waals surface area (Å²) in [5, 5.41) is 23.5. The van der Waals surface area contributed by atoms with Crippen molar-refractivity contribution in [3.05, 3.63) is 47.3 Å². The topological polar surface area (TPSA) is 62.8 Å². The van der Waals surface area contributed by atoms with Gasteiger partial charge in [-0.3, -0.25) is 4.68 Å². The Labute approximate surface area is 178 Å². The van der Waals surface area contributed by atoms with Gasteiger partial charge in [-0.25, -0.2) is 0 Å². The second kappa shape index (κ2) is 7.68. The van der Waals surface area contributed by atoms with Crippen LogP contribution in [-0.4, -0.2) is 26.8 Å². The highest BCUT2D eigenvalue weighted by Crippen LogP contribution is 2.60. The first kappa shape index (κ1) is 19.5. The molecule has 5 nitrogen and oxygen atoms in total. The van der Waals surface area contributed by atoms with E-state index in [2.05, 4.69) is 30.1 Å². The maximum atomic E-state index is 9.87. The Bertz CT molecular complexity index is 991. The second-order valence-corrected chi connectivity index (χ2v) is 9.56. The minimum absolute atomic E-state index is 0.177. The van der Waals surface area contributed by atoms with Crippen molar-refractivity contribution in [2.75, 3.05) is 0 Å². The number of benzene rings is 1. The minimum Gasteiger partial charge on any atom is -0.508 e. The molecule has 2 aromatic rings. The van der Waals surface area contributed by atoms with Crippen LogP contribution in [0.4, 0.5) is 0 Å². The zero-order chi connectivity index (χ0) is 20.7. The largest absolute Gasteiger partial charge is 0.508 e. The Kier molecular flexibility index (Phi) is 5.00. The van der Waals surface area contributed by atoms with E-state index in [1.165, 1.54) is 42.5 Å². The zero-order valence-electron chi connectivity index (χ0n) is 18.1. The quantitative estimate of drug-likeness (QED) is 0.553. The lowest BCUT2D eigenvalue weighted by molar-refractivity contribution is 0.0955. The highest BCUT2D eigenvalue weighted by atomic mass is 16.3. The highest BCUT2D eigenvalue weighted by molar-refractivity contribution is 5.93. The zero-order valence-corrected chi connectivity index (χ0v) is 18.1. The average molecular weight is 405 g/mol. The standard InChI is InChI=1S/C25H32N4O/c1-3-14-29-18(11-13-27-29)16-26-28-24-9-8-23-22-6-4-17-15-19(30)5-7-20(17)21(22)10-12-25(23,24)2/h5,7,11,13,15-16,21-23,30H,3-4,6,8-10,12,14H2,1-2H3/b26-16+,28-24+. The number of phenols is 1. The summed E-state index contributed by atoms with van der Waals surface area (Å²) < 4.78 is 1.99. The van der Waals surface area contributed by atoms with Crippen molar-refractivity contribution in [3.8, 4) is 5.75 Å². The van der Waals surface area contributed by atoms with Crippen LogP contribution < -0.4 is 0 Å². The molecule has 0 bridgehead atoms. The van der Waals surface area contributed by atoms with E-state index < -0.39 is 0 Å². The molecule has 5 heteroatoms. The first-order valence-corrected chi connectivity index (χ1v) is 11.5. The molecular formula is C25H32N4O. The van der Waals surface area contributed by atoms with Gasteiger partial charge in [-0.1, -0.05) is 19.9 Å². The van der Waals surface area contributed by atoms with Crippen molar-refractivity contribution >= 4 is 11.9 Å². The normalized spacial score (nSPS) is 31.7. The number of rotatable bonds is 4. The fourth-order valence-corrected chi connectivity index (χ4v) is 6.53. The van der Waals surface area contributed by atoms with E-state index in [0.29, 0.717) is 17.6 Å². The number of aryl methyl sites for hydroxylation is 2. The van der Waals surface area contributed by atoms with Crippen LogP contribution in [0.15, 0.2) is 40.7 Å². The Morgan fingerprint density at radius 3 is 3.00 bits per heavy atom. The van der Waals surface area contributed by atoms with Gasteiger partial charge in [0.05, 0.1) is 11.9 Å². The van der Waals surface area contributed by atoms with E-state index >= 15 is 0 Å². The number of aromatic nitrogens is 2. The maximum absolute atomic E-state index is 9.87. The molecule has 1 aromatic heterocycles. The van der Waals surface area contributed by atoms with Gasteiger partial charge >= 0.3 is 0 Å². The molecule has 0 aliphatic heterocycles. The number of nitrogens with zero attached hydrogens (tertiary/aromatic N) is 4. The molecule has 0 spiro atoms. The Hall–Kier alpha value is -2.43.